The smallest absolute Gasteiger partial charge is 0.307 e. The molecule has 0 saturated heterocycles. The number of hydrogen-bond donors (Lipinski definition) is 3. The van der Waals surface area contributed by atoms with E-state index < -0.39 is 6.03 Å². The third-order valence-corrected chi connectivity index (χ3v) is 1.94. The molecule has 0 aliphatic rings. The Balaban J connectivity index is 2.14. The molecule has 1 aromatic carbocycles. The van der Waals surface area contributed by atoms with E-state index in [-0.39, 0.29) is 0 Å². The van der Waals surface area contributed by atoms with Gasteiger partial charge in [-0.3, -0.25) is 5.43 Å². The predicted molar refractivity (Wildman–Crippen MR) is 57.7 cm³/mol. The molecule has 2 rings (SSSR count). The molecular formula is C9H10N6O. The molecule has 0 radical (unpaired) electrons. The van der Waals surface area contributed by atoms with E-state index >= 15 is 0 Å². The minimum Gasteiger partial charge on any atom is -0.307 e. The van der Waals surface area contributed by atoms with Gasteiger partial charge in [0, 0.05) is 5.69 Å². The Hall–Kier alpha value is -2.41. The number of hydrogen-bond acceptors (Lipinski definition) is 4. The summed E-state index contributed by atoms with van der Waals surface area (Å²) in [6, 6.07) is 6.63. The van der Waals surface area contributed by atoms with Crippen molar-refractivity contribution in [3.63, 3.8) is 0 Å². The highest BCUT2D eigenvalue weighted by Gasteiger charge is 2.00. The first-order chi connectivity index (χ1) is 7.79. The number of carbonyl (C=O) groups is 1. The summed E-state index contributed by atoms with van der Waals surface area (Å²) in [5.41, 5.74) is 3.48. The number of aromatic nitrogens is 3. The number of benzene rings is 1. The average Bonchev–Trinajstić information content (AvgIpc) is 2.83. The minimum atomic E-state index is -0.464. The summed E-state index contributed by atoms with van der Waals surface area (Å²) in [5, 5.41) is 6.52. The Labute approximate surface area is 91.3 Å². The van der Waals surface area contributed by atoms with Gasteiger partial charge in [0.25, 0.3) is 0 Å². The van der Waals surface area contributed by atoms with Crippen LogP contribution >= 0.6 is 0 Å². The maximum absolute atomic E-state index is 10.9. The maximum atomic E-state index is 10.9. The van der Waals surface area contributed by atoms with Crippen LogP contribution in [-0.4, -0.2) is 20.8 Å². The van der Waals surface area contributed by atoms with Crippen LogP contribution in [0.1, 0.15) is 0 Å². The Morgan fingerprint density at radius 3 is 2.62 bits per heavy atom. The predicted octanol–water partition coefficient (Wildman–Crippen LogP) is 0.262. The van der Waals surface area contributed by atoms with Crippen molar-refractivity contribution in [2.75, 3.05) is 5.32 Å². The van der Waals surface area contributed by atoms with Gasteiger partial charge in [0.15, 0.2) is 0 Å². The fraction of sp³-hybridized carbons (Fsp3) is 0. The van der Waals surface area contributed by atoms with Gasteiger partial charge < -0.3 is 5.32 Å². The van der Waals surface area contributed by atoms with Gasteiger partial charge >= 0.3 is 6.03 Å². The van der Waals surface area contributed by atoms with Crippen LogP contribution in [0.15, 0.2) is 36.9 Å². The zero-order chi connectivity index (χ0) is 11.4. The van der Waals surface area contributed by atoms with Crippen LogP contribution < -0.4 is 16.6 Å². The molecule has 0 saturated carbocycles. The molecule has 7 nitrogen and oxygen atoms in total. The molecule has 0 aliphatic carbocycles. The number of amides is 2. The fourth-order valence-corrected chi connectivity index (χ4v) is 1.21. The highest BCUT2D eigenvalue weighted by molar-refractivity contribution is 5.88. The van der Waals surface area contributed by atoms with Crippen molar-refractivity contribution in [2.24, 2.45) is 5.84 Å². The second-order valence-corrected chi connectivity index (χ2v) is 2.99. The number of rotatable bonds is 2. The standard InChI is InChI=1S/C9H10N6O/c10-14-9(16)13-7-1-3-8(4-2-7)15-6-11-5-12-15/h1-6H,10H2,(H2,13,14,16). The van der Waals surface area contributed by atoms with Crippen molar-refractivity contribution < 1.29 is 4.79 Å². The number of nitrogens with zero attached hydrogens (tertiary/aromatic N) is 3. The number of nitrogens with one attached hydrogen (secondary N) is 2. The summed E-state index contributed by atoms with van der Waals surface area (Å²) < 4.78 is 1.62. The third-order valence-electron chi connectivity index (χ3n) is 1.94. The van der Waals surface area contributed by atoms with Crippen molar-refractivity contribution in [2.45, 2.75) is 0 Å². The van der Waals surface area contributed by atoms with Gasteiger partial charge in [-0.15, -0.1) is 0 Å². The normalized spacial score (nSPS) is 9.81. The summed E-state index contributed by atoms with van der Waals surface area (Å²) in [5.74, 6) is 4.94. The second kappa shape index (κ2) is 4.41. The Morgan fingerprint density at radius 2 is 2.06 bits per heavy atom. The largest absolute Gasteiger partial charge is 0.333 e. The van der Waals surface area contributed by atoms with Gasteiger partial charge in [-0.05, 0) is 24.3 Å². The summed E-state index contributed by atoms with van der Waals surface area (Å²) in [6.07, 6.45) is 3.04. The summed E-state index contributed by atoms with van der Waals surface area (Å²) in [6.45, 7) is 0. The molecule has 0 unspecified atom stereocenters. The van der Waals surface area contributed by atoms with Crippen molar-refractivity contribution in [1.29, 1.82) is 0 Å². The lowest BCUT2D eigenvalue weighted by molar-refractivity contribution is 0.252. The minimum absolute atomic E-state index is 0.464. The molecule has 1 heterocycles. The van der Waals surface area contributed by atoms with E-state index in [1.54, 1.807) is 35.3 Å². The van der Waals surface area contributed by atoms with E-state index in [9.17, 15) is 4.79 Å². The molecule has 0 bridgehead atoms. The molecule has 0 aliphatic heterocycles. The average molecular weight is 218 g/mol. The summed E-state index contributed by atoms with van der Waals surface area (Å²) in [4.78, 5) is 14.8. The SMILES string of the molecule is NNC(=O)Nc1ccc(-n2cncn2)cc1. The molecule has 2 amide bonds. The number of anilines is 1. The molecule has 0 fully saturated rings. The fourth-order valence-electron chi connectivity index (χ4n) is 1.21. The Bertz CT molecular complexity index is 463. The van der Waals surface area contributed by atoms with Gasteiger partial charge in [-0.1, -0.05) is 0 Å². The van der Waals surface area contributed by atoms with Crippen molar-refractivity contribution in [3.8, 4) is 5.69 Å². The molecule has 0 atom stereocenters. The molecule has 16 heavy (non-hydrogen) atoms. The molecule has 7 heteroatoms. The van der Waals surface area contributed by atoms with Crippen LogP contribution in [0.3, 0.4) is 0 Å². The van der Waals surface area contributed by atoms with Crippen LogP contribution in [-0.2, 0) is 0 Å². The van der Waals surface area contributed by atoms with E-state index in [1.165, 1.54) is 6.33 Å². The van der Waals surface area contributed by atoms with Gasteiger partial charge in [0.1, 0.15) is 12.7 Å². The Kier molecular flexibility index (Phi) is 2.79. The Morgan fingerprint density at radius 1 is 1.31 bits per heavy atom. The van der Waals surface area contributed by atoms with E-state index in [0.29, 0.717) is 5.69 Å². The topological polar surface area (TPSA) is 97.9 Å². The van der Waals surface area contributed by atoms with Crippen molar-refractivity contribution in [1.82, 2.24) is 20.2 Å². The van der Waals surface area contributed by atoms with Gasteiger partial charge in [-0.2, -0.15) is 5.10 Å². The van der Waals surface area contributed by atoms with Gasteiger partial charge in [0.05, 0.1) is 5.69 Å². The lowest BCUT2D eigenvalue weighted by Crippen LogP contribution is -2.34. The lowest BCUT2D eigenvalue weighted by atomic mass is 10.3. The third kappa shape index (κ3) is 2.15. The zero-order valence-corrected chi connectivity index (χ0v) is 8.29. The van der Waals surface area contributed by atoms with Crippen LogP contribution in [0.25, 0.3) is 5.69 Å². The van der Waals surface area contributed by atoms with Gasteiger partial charge in [-0.25, -0.2) is 20.3 Å². The van der Waals surface area contributed by atoms with Crippen LogP contribution in [0.4, 0.5) is 10.5 Å². The van der Waals surface area contributed by atoms with Gasteiger partial charge in [0.2, 0.25) is 0 Å². The monoisotopic (exact) mass is 218 g/mol. The molecular weight excluding hydrogens is 208 g/mol. The van der Waals surface area contributed by atoms with Crippen molar-refractivity contribution >= 4 is 11.7 Å². The highest BCUT2D eigenvalue weighted by atomic mass is 16.2. The number of carbonyl (C=O) groups excluding carboxylic acids is 1. The maximum Gasteiger partial charge on any atom is 0.333 e. The quantitative estimate of drug-likeness (QED) is 0.382. The first-order valence-corrected chi connectivity index (χ1v) is 4.52. The van der Waals surface area contributed by atoms with E-state index in [4.69, 9.17) is 5.84 Å². The second-order valence-electron chi connectivity index (χ2n) is 2.99. The number of urea groups is 1. The van der Waals surface area contributed by atoms with E-state index in [0.717, 1.165) is 5.69 Å². The highest BCUT2D eigenvalue weighted by Crippen LogP contribution is 2.11. The summed E-state index contributed by atoms with van der Waals surface area (Å²) in [7, 11) is 0. The summed E-state index contributed by atoms with van der Waals surface area (Å²) >= 11 is 0. The lowest BCUT2D eigenvalue weighted by Gasteiger charge is -2.05. The molecule has 4 N–H and O–H groups in total. The molecule has 1 aromatic heterocycles. The number of hydrazine groups is 1. The first kappa shape index (κ1) is 10.1. The first-order valence-electron chi connectivity index (χ1n) is 4.52. The van der Waals surface area contributed by atoms with E-state index in [1.807, 2.05) is 5.43 Å². The molecule has 0 spiro atoms. The van der Waals surface area contributed by atoms with Crippen LogP contribution in [0, 0.1) is 0 Å². The van der Waals surface area contributed by atoms with Crippen LogP contribution in [0.2, 0.25) is 0 Å². The molecule has 2 aromatic rings. The van der Waals surface area contributed by atoms with Crippen LogP contribution in [0.5, 0.6) is 0 Å². The van der Waals surface area contributed by atoms with E-state index in [2.05, 4.69) is 15.4 Å². The zero-order valence-electron chi connectivity index (χ0n) is 8.29. The number of nitrogens with two attached hydrogens (primary N) is 1. The molecule has 82 valence electrons. The van der Waals surface area contributed by atoms with Crippen molar-refractivity contribution in [3.05, 3.63) is 36.9 Å².